The third-order valence-electron chi connectivity index (χ3n) is 9.67. The smallest absolute Gasteiger partial charge is 0.318 e. The molecule has 0 aliphatic carbocycles. The first-order valence-corrected chi connectivity index (χ1v) is 20.2. The van der Waals surface area contributed by atoms with Crippen LogP contribution in [0.2, 0.25) is 0 Å². The van der Waals surface area contributed by atoms with Crippen molar-refractivity contribution in [1.29, 1.82) is 0 Å². The summed E-state index contributed by atoms with van der Waals surface area (Å²) in [4.78, 5) is 65.9. The molecule has 2 heterocycles. The molecule has 312 valence electrons. The number of nitrogens with one attached hydrogen (secondary N) is 4. The topological polar surface area (TPSA) is 215 Å². The van der Waals surface area contributed by atoms with Gasteiger partial charge in [0.2, 0.25) is 11.8 Å². The molecule has 2 aromatic carbocycles. The van der Waals surface area contributed by atoms with E-state index in [2.05, 4.69) is 31.2 Å². The predicted octanol–water partition coefficient (Wildman–Crippen LogP) is 3.33. The maximum Gasteiger partial charge on any atom is 0.318 e. The fourth-order valence-electron chi connectivity index (χ4n) is 6.34. The van der Waals surface area contributed by atoms with Crippen LogP contribution in [-0.2, 0) is 35.5 Å². The number of aliphatic hydroxyl groups is 2. The van der Waals surface area contributed by atoms with Crippen molar-refractivity contribution in [2.45, 2.75) is 90.0 Å². The molecule has 8 N–H and O–H groups in total. The minimum atomic E-state index is -1.60. The van der Waals surface area contributed by atoms with Gasteiger partial charge < -0.3 is 47.0 Å². The number of pyridine rings is 1. The summed E-state index contributed by atoms with van der Waals surface area (Å²) in [5, 5.41) is 37.6. The standard InChI is InChI=1S/C42H57N9O6S/c1-26(2)34(48-41(56)50(5)23-30-19-13-14-20-44-30)38(54)46-32(21-28-15-9-7-10-16-28)36(52)37(53)33(22-29-17-11-8-12-18-29)47-39(55)35(27(3)4)49-42(57)51(6)24-31-25-58-40(43)45-31/h7-20,25-27,32-37,52-53H,21-24H2,1-6H3,(H2,43,45)(H,46,54)(H,47,55)(H,48,56)(H,49,57)/t32-,33-,34?,35?,36-,37-/m0/s1. The van der Waals surface area contributed by atoms with E-state index in [1.54, 1.807) is 65.5 Å². The number of carbonyl (C=O) groups excluding carboxylic acids is 4. The normalized spacial score (nSPS) is 14.4. The number of benzene rings is 2. The van der Waals surface area contributed by atoms with Gasteiger partial charge in [-0.25, -0.2) is 14.6 Å². The SMILES string of the molecule is CC(C)C(NC(=O)N(C)Cc1ccccn1)C(=O)N[C@@H](Cc1ccccc1)[C@H](O)[C@@H](O)[C@H](Cc1ccccc1)NC(=O)C(NC(=O)N(C)Cc1csc(N)n1)C(C)C. The molecule has 0 aliphatic rings. The predicted molar refractivity (Wildman–Crippen MR) is 224 cm³/mol. The maximum atomic E-state index is 14.0. The Hall–Kier alpha value is -5.58. The van der Waals surface area contributed by atoms with Gasteiger partial charge in [-0.15, -0.1) is 11.3 Å². The van der Waals surface area contributed by atoms with Gasteiger partial charge in [0.1, 0.15) is 24.3 Å². The first-order valence-electron chi connectivity index (χ1n) is 19.3. The van der Waals surface area contributed by atoms with Crippen molar-refractivity contribution < 1.29 is 29.4 Å². The van der Waals surface area contributed by atoms with Gasteiger partial charge in [-0.2, -0.15) is 0 Å². The molecular formula is C42H57N9O6S. The Labute approximate surface area is 344 Å². The van der Waals surface area contributed by atoms with Crippen LogP contribution in [0.1, 0.15) is 50.2 Å². The molecular weight excluding hydrogens is 759 g/mol. The molecule has 15 nitrogen and oxygen atoms in total. The van der Waals surface area contributed by atoms with E-state index in [9.17, 15) is 29.4 Å². The molecule has 6 amide bonds. The molecule has 0 fully saturated rings. The maximum absolute atomic E-state index is 14.0. The average Bonchev–Trinajstić information content (AvgIpc) is 3.62. The summed E-state index contributed by atoms with van der Waals surface area (Å²) in [7, 11) is 3.18. The molecule has 4 aromatic rings. The van der Waals surface area contributed by atoms with Gasteiger partial charge in [-0.1, -0.05) is 94.4 Å². The molecule has 0 spiro atoms. The summed E-state index contributed by atoms with van der Waals surface area (Å²) >= 11 is 1.26. The number of thiazole rings is 1. The molecule has 58 heavy (non-hydrogen) atoms. The number of urea groups is 2. The highest BCUT2D eigenvalue weighted by Crippen LogP contribution is 2.18. The molecule has 0 bridgehead atoms. The number of nitrogens with two attached hydrogens (primary N) is 1. The molecule has 0 saturated heterocycles. The van der Waals surface area contributed by atoms with Crippen LogP contribution in [0.25, 0.3) is 0 Å². The van der Waals surface area contributed by atoms with Crippen LogP contribution in [0.3, 0.4) is 0 Å². The van der Waals surface area contributed by atoms with Crippen LogP contribution in [0.15, 0.2) is 90.4 Å². The number of anilines is 1. The summed E-state index contributed by atoms with van der Waals surface area (Å²) in [6.45, 7) is 7.55. The van der Waals surface area contributed by atoms with E-state index in [-0.39, 0.29) is 37.8 Å². The lowest BCUT2D eigenvalue weighted by Crippen LogP contribution is -2.62. The Morgan fingerprint density at radius 1 is 0.655 bits per heavy atom. The summed E-state index contributed by atoms with van der Waals surface area (Å²) in [6, 6.07) is 18.6. The number of aromatic nitrogens is 2. The molecule has 4 rings (SSSR count). The van der Waals surface area contributed by atoms with Crippen molar-refractivity contribution in [3.05, 3.63) is 113 Å². The number of carbonyl (C=O) groups is 4. The molecule has 2 aromatic heterocycles. The van der Waals surface area contributed by atoms with E-state index in [1.165, 1.54) is 21.1 Å². The highest BCUT2D eigenvalue weighted by atomic mass is 32.1. The monoisotopic (exact) mass is 815 g/mol. The number of amides is 6. The molecule has 0 radical (unpaired) electrons. The van der Waals surface area contributed by atoms with Crippen molar-refractivity contribution in [3.63, 3.8) is 0 Å². The number of nitrogen functional groups attached to an aromatic ring is 1. The quantitative estimate of drug-likeness (QED) is 0.0739. The fraction of sp³-hybridized carbons (Fsp3) is 0.429. The summed E-state index contributed by atoms with van der Waals surface area (Å²) in [5.41, 5.74) is 8.58. The zero-order valence-corrected chi connectivity index (χ0v) is 34.7. The summed E-state index contributed by atoms with van der Waals surface area (Å²) in [6.07, 6.45) is -1.32. The van der Waals surface area contributed by atoms with Gasteiger partial charge in [-0.3, -0.25) is 14.6 Å². The minimum absolute atomic E-state index is 0.119. The lowest BCUT2D eigenvalue weighted by molar-refractivity contribution is -0.129. The van der Waals surface area contributed by atoms with E-state index in [0.717, 1.165) is 11.1 Å². The Morgan fingerprint density at radius 3 is 1.47 bits per heavy atom. The Kier molecular flexibility index (Phi) is 17.0. The lowest BCUT2D eigenvalue weighted by atomic mass is 9.90. The molecule has 2 unspecified atom stereocenters. The van der Waals surface area contributed by atoms with Crippen molar-refractivity contribution in [2.24, 2.45) is 11.8 Å². The van der Waals surface area contributed by atoms with E-state index >= 15 is 0 Å². The van der Waals surface area contributed by atoms with Crippen molar-refractivity contribution in [2.75, 3.05) is 19.8 Å². The number of rotatable bonds is 19. The van der Waals surface area contributed by atoms with Crippen LogP contribution >= 0.6 is 11.3 Å². The Balaban J connectivity index is 1.56. The highest BCUT2D eigenvalue weighted by molar-refractivity contribution is 7.13. The van der Waals surface area contributed by atoms with Crippen LogP contribution in [0.5, 0.6) is 0 Å². The van der Waals surface area contributed by atoms with Crippen LogP contribution in [0, 0.1) is 11.8 Å². The van der Waals surface area contributed by atoms with Crippen molar-refractivity contribution >= 4 is 40.3 Å². The van der Waals surface area contributed by atoms with Gasteiger partial charge in [0.05, 0.1) is 36.6 Å². The Bertz CT molecular complexity index is 1900. The van der Waals surface area contributed by atoms with Gasteiger partial charge in [-0.05, 0) is 47.9 Å². The fourth-order valence-corrected chi connectivity index (χ4v) is 6.90. The largest absolute Gasteiger partial charge is 0.388 e. The Morgan fingerprint density at radius 2 is 1.09 bits per heavy atom. The minimum Gasteiger partial charge on any atom is -0.388 e. The van der Waals surface area contributed by atoms with Crippen LogP contribution in [-0.4, -0.2) is 104 Å². The van der Waals surface area contributed by atoms with Crippen molar-refractivity contribution in [1.82, 2.24) is 41.0 Å². The second kappa shape index (κ2) is 21.8. The first-order chi connectivity index (χ1) is 27.6. The van der Waals surface area contributed by atoms with Crippen LogP contribution < -0.4 is 27.0 Å². The number of hydrogen-bond acceptors (Lipinski definition) is 10. The number of hydrogen-bond donors (Lipinski definition) is 7. The zero-order chi connectivity index (χ0) is 42.4. The van der Waals surface area contributed by atoms with Gasteiger partial charge in [0.25, 0.3) is 0 Å². The molecule has 0 saturated carbocycles. The third kappa shape index (κ3) is 13.5. The highest BCUT2D eigenvalue weighted by Gasteiger charge is 2.38. The molecule has 0 aliphatic heterocycles. The second-order valence-electron chi connectivity index (χ2n) is 15.1. The summed E-state index contributed by atoms with van der Waals surface area (Å²) in [5.74, 6) is -1.83. The molecule has 6 atom stereocenters. The summed E-state index contributed by atoms with van der Waals surface area (Å²) < 4.78 is 0. The average molecular weight is 816 g/mol. The van der Waals surface area contributed by atoms with E-state index in [0.29, 0.717) is 16.5 Å². The number of nitrogens with zero attached hydrogens (tertiary/aromatic N) is 4. The van der Waals surface area contributed by atoms with E-state index in [1.807, 2.05) is 66.7 Å². The zero-order valence-electron chi connectivity index (χ0n) is 33.9. The molecule has 16 heteroatoms. The van der Waals surface area contributed by atoms with Gasteiger partial charge >= 0.3 is 12.1 Å². The second-order valence-corrected chi connectivity index (χ2v) is 16.0. The first kappa shape index (κ1) is 45.1. The van der Waals surface area contributed by atoms with Gasteiger partial charge in [0, 0.05) is 25.7 Å². The van der Waals surface area contributed by atoms with Crippen LogP contribution in [0.4, 0.5) is 14.7 Å². The van der Waals surface area contributed by atoms with E-state index in [4.69, 9.17) is 5.73 Å². The third-order valence-corrected chi connectivity index (χ3v) is 10.4. The van der Waals surface area contributed by atoms with E-state index < -0.39 is 60.3 Å². The van der Waals surface area contributed by atoms with Gasteiger partial charge in [0.15, 0.2) is 5.13 Å². The number of aliphatic hydroxyl groups excluding tert-OH is 2. The van der Waals surface area contributed by atoms with Crippen molar-refractivity contribution in [3.8, 4) is 0 Å². The lowest BCUT2D eigenvalue weighted by Gasteiger charge is -2.35.